The molecule has 0 fully saturated rings. The number of aromatic nitrogens is 2. The first kappa shape index (κ1) is 11.9. The highest BCUT2D eigenvalue weighted by Crippen LogP contribution is 2.20. The molecule has 0 saturated heterocycles. The van der Waals surface area contributed by atoms with Crippen molar-refractivity contribution in [2.75, 3.05) is 5.32 Å². The Bertz CT molecular complexity index is 644. The second kappa shape index (κ2) is 5.20. The fourth-order valence-electron chi connectivity index (χ4n) is 1.77. The normalized spacial score (nSPS) is 10.6. The van der Waals surface area contributed by atoms with E-state index in [0.29, 0.717) is 6.54 Å². The second-order valence-corrected chi connectivity index (χ2v) is 4.56. The van der Waals surface area contributed by atoms with Crippen LogP contribution < -0.4 is 5.32 Å². The molecular weight excluding hydrogens is 262 g/mol. The molecule has 1 aromatic carbocycles. The van der Waals surface area contributed by atoms with Crippen molar-refractivity contribution in [2.24, 2.45) is 0 Å². The Balaban J connectivity index is 1.66. The number of aromatic amines is 1. The lowest BCUT2D eigenvalue weighted by Crippen LogP contribution is -1.99. The molecular formula is C14H12ClN3O. The topological polar surface area (TPSA) is 53.9 Å². The molecule has 19 heavy (non-hydrogen) atoms. The van der Waals surface area contributed by atoms with Crippen molar-refractivity contribution in [3.8, 4) is 11.5 Å². The Morgan fingerprint density at radius 2 is 2.05 bits per heavy atom. The number of benzene rings is 1. The Labute approximate surface area is 115 Å². The quantitative estimate of drug-likeness (QED) is 0.757. The molecule has 0 aliphatic rings. The van der Waals surface area contributed by atoms with E-state index in [1.807, 2.05) is 42.5 Å². The molecule has 0 amide bonds. The van der Waals surface area contributed by atoms with Gasteiger partial charge in [0.25, 0.3) is 0 Å². The summed E-state index contributed by atoms with van der Waals surface area (Å²) < 4.78 is 5.30. The molecule has 0 atom stereocenters. The van der Waals surface area contributed by atoms with Gasteiger partial charge in [-0.1, -0.05) is 23.7 Å². The van der Waals surface area contributed by atoms with Crippen LogP contribution >= 0.6 is 11.6 Å². The van der Waals surface area contributed by atoms with Crippen LogP contribution in [0.15, 0.2) is 53.1 Å². The third kappa shape index (κ3) is 2.80. The molecule has 3 rings (SSSR count). The van der Waals surface area contributed by atoms with E-state index in [0.717, 1.165) is 27.9 Å². The van der Waals surface area contributed by atoms with Crippen molar-refractivity contribution in [1.29, 1.82) is 0 Å². The number of furan rings is 1. The number of nitrogens with zero attached hydrogens (tertiary/aromatic N) is 1. The minimum absolute atomic E-state index is 0.694. The zero-order valence-electron chi connectivity index (χ0n) is 10.1. The zero-order chi connectivity index (χ0) is 13.1. The fourth-order valence-corrected chi connectivity index (χ4v) is 1.89. The van der Waals surface area contributed by atoms with Gasteiger partial charge in [0, 0.05) is 17.6 Å². The van der Waals surface area contributed by atoms with E-state index in [-0.39, 0.29) is 0 Å². The molecule has 0 unspecified atom stereocenters. The maximum atomic E-state index is 5.84. The average Bonchev–Trinajstić information content (AvgIpc) is 3.09. The molecule has 0 spiro atoms. The number of anilines is 1. The SMILES string of the molecule is Clc1ccc(CNc2cc(-c3ccco3)[nH]n2)cc1. The molecule has 5 heteroatoms. The Morgan fingerprint density at radius 1 is 1.21 bits per heavy atom. The predicted octanol–water partition coefficient (Wildman–Crippen LogP) is 3.94. The van der Waals surface area contributed by atoms with Gasteiger partial charge in [-0.3, -0.25) is 5.10 Å². The smallest absolute Gasteiger partial charge is 0.151 e. The first-order valence-electron chi connectivity index (χ1n) is 5.89. The van der Waals surface area contributed by atoms with E-state index >= 15 is 0 Å². The lowest BCUT2D eigenvalue weighted by molar-refractivity contribution is 0.580. The van der Waals surface area contributed by atoms with E-state index in [2.05, 4.69) is 15.5 Å². The summed E-state index contributed by atoms with van der Waals surface area (Å²) in [5.41, 5.74) is 2.00. The molecule has 4 nitrogen and oxygen atoms in total. The zero-order valence-corrected chi connectivity index (χ0v) is 10.8. The van der Waals surface area contributed by atoms with Gasteiger partial charge in [-0.2, -0.15) is 5.10 Å². The summed E-state index contributed by atoms with van der Waals surface area (Å²) in [6.07, 6.45) is 1.64. The van der Waals surface area contributed by atoms with Crippen molar-refractivity contribution in [3.63, 3.8) is 0 Å². The van der Waals surface area contributed by atoms with Crippen molar-refractivity contribution >= 4 is 17.4 Å². The number of hydrogen-bond donors (Lipinski definition) is 2. The van der Waals surface area contributed by atoms with E-state index in [1.54, 1.807) is 6.26 Å². The largest absolute Gasteiger partial charge is 0.463 e. The van der Waals surface area contributed by atoms with Gasteiger partial charge in [0.1, 0.15) is 11.5 Å². The predicted molar refractivity (Wildman–Crippen MR) is 75.1 cm³/mol. The Kier molecular flexibility index (Phi) is 3.25. The van der Waals surface area contributed by atoms with Crippen LogP contribution in [0.1, 0.15) is 5.56 Å². The molecule has 0 aliphatic carbocycles. The summed E-state index contributed by atoms with van der Waals surface area (Å²) in [5, 5.41) is 11.1. The number of rotatable bonds is 4. The molecule has 3 aromatic rings. The average molecular weight is 274 g/mol. The lowest BCUT2D eigenvalue weighted by Gasteiger charge is -2.02. The number of nitrogens with one attached hydrogen (secondary N) is 2. The van der Waals surface area contributed by atoms with E-state index in [1.165, 1.54) is 0 Å². The minimum atomic E-state index is 0.694. The highest BCUT2D eigenvalue weighted by Gasteiger charge is 2.05. The molecule has 2 aromatic heterocycles. The van der Waals surface area contributed by atoms with Crippen LogP contribution in [-0.4, -0.2) is 10.2 Å². The molecule has 2 N–H and O–H groups in total. The second-order valence-electron chi connectivity index (χ2n) is 4.12. The maximum Gasteiger partial charge on any atom is 0.151 e. The van der Waals surface area contributed by atoms with Gasteiger partial charge >= 0.3 is 0 Å². The van der Waals surface area contributed by atoms with Gasteiger partial charge < -0.3 is 9.73 Å². The van der Waals surface area contributed by atoms with Crippen LogP contribution in [0.3, 0.4) is 0 Å². The van der Waals surface area contributed by atoms with Crippen LogP contribution in [0, 0.1) is 0 Å². The minimum Gasteiger partial charge on any atom is -0.463 e. The standard InChI is InChI=1S/C14H12ClN3O/c15-11-5-3-10(4-6-11)9-16-14-8-12(17-18-14)13-2-1-7-19-13/h1-8H,9H2,(H2,16,17,18). The van der Waals surface area contributed by atoms with Gasteiger partial charge in [-0.25, -0.2) is 0 Å². The van der Waals surface area contributed by atoms with Gasteiger partial charge in [-0.15, -0.1) is 0 Å². The van der Waals surface area contributed by atoms with Gasteiger partial charge in [0.05, 0.1) is 6.26 Å². The summed E-state index contributed by atoms with van der Waals surface area (Å²) >= 11 is 5.84. The summed E-state index contributed by atoms with van der Waals surface area (Å²) in [6.45, 7) is 0.694. The van der Waals surface area contributed by atoms with Crippen molar-refractivity contribution < 1.29 is 4.42 Å². The number of hydrogen-bond acceptors (Lipinski definition) is 3. The summed E-state index contributed by atoms with van der Waals surface area (Å²) in [7, 11) is 0. The fraction of sp³-hybridized carbons (Fsp3) is 0.0714. The molecule has 2 heterocycles. The van der Waals surface area contributed by atoms with Crippen LogP contribution in [-0.2, 0) is 6.54 Å². The number of halogens is 1. The first-order valence-corrected chi connectivity index (χ1v) is 6.27. The molecule has 96 valence electrons. The summed E-state index contributed by atoms with van der Waals surface area (Å²) in [4.78, 5) is 0. The molecule has 0 bridgehead atoms. The van der Waals surface area contributed by atoms with E-state index in [4.69, 9.17) is 16.0 Å². The highest BCUT2D eigenvalue weighted by molar-refractivity contribution is 6.30. The van der Waals surface area contributed by atoms with Gasteiger partial charge in [0.2, 0.25) is 0 Å². The first-order chi connectivity index (χ1) is 9.31. The van der Waals surface area contributed by atoms with Crippen LogP contribution in [0.2, 0.25) is 5.02 Å². The Hall–Kier alpha value is -2.20. The van der Waals surface area contributed by atoms with Crippen molar-refractivity contribution in [3.05, 3.63) is 59.3 Å². The summed E-state index contributed by atoms with van der Waals surface area (Å²) in [6, 6.07) is 13.3. The monoisotopic (exact) mass is 273 g/mol. The third-order valence-corrected chi connectivity index (χ3v) is 3.00. The number of H-pyrrole nitrogens is 1. The van der Waals surface area contributed by atoms with Crippen LogP contribution in [0.5, 0.6) is 0 Å². The third-order valence-electron chi connectivity index (χ3n) is 2.75. The molecule has 0 aliphatic heterocycles. The molecule has 0 saturated carbocycles. The van der Waals surface area contributed by atoms with Crippen LogP contribution in [0.4, 0.5) is 5.82 Å². The highest BCUT2D eigenvalue weighted by atomic mass is 35.5. The van der Waals surface area contributed by atoms with Gasteiger partial charge in [0.15, 0.2) is 5.76 Å². The van der Waals surface area contributed by atoms with Crippen LogP contribution in [0.25, 0.3) is 11.5 Å². The van der Waals surface area contributed by atoms with Crippen molar-refractivity contribution in [1.82, 2.24) is 10.2 Å². The van der Waals surface area contributed by atoms with Crippen molar-refractivity contribution in [2.45, 2.75) is 6.54 Å². The summed E-state index contributed by atoms with van der Waals surface area (Å²) in [5.74, 6) is 1.55. The van der Waals surface area contributed by atoms with E-state index in [9.17, 15) is 0 Å². The van der Waals surface area contributed by atoms with Gasteiger partial charge in [-0.05, 0) is 29.8 Å². The Morgan fingerprint density at radius 3 is 2.79 bits per heavy atom. The maximum absolute atomic E-state index is 5.84. The molecule has 0 radical (unpaired) electrons. The van der Waals surface area contributed by atoms with E-state index < -0.39 is 0 Å². The lowest BCUT2D eigenvalue weighted by atomic mass is 10.2.